The number of morpholine rings is 1. The topological polar surface area (TPSA) is 53.1 Å². The van der Waals surface area contributed by atoms with Crippen LogP contribution in [0.4, 0.5) is 5.69 Å². The van der Waals surface area contributed by atoms with E-state index in [9.17, 15) is 9.59 Å². The van der Waals surface area contributed by atoms with E-state index in [1.165, 1.54) is 0 Å². The highest BCUT2D eigenvalue weighted by Crippen LogP contribution is 2.14. The number of anilines is 1. The Morgan fingerprint density at radius 1 is 1.12 bits per heavy atom. The SMILES string of the molecule is CCN(C(=O)CCN(CCN1CCOCC1)C(C)=O)c1ccccc1. The fourth-order valence-electron chi connectivity index (χ4n) is 2.99. The van der Waals surface area contributed by atoms with Gasteiger partial charge in [-0.3, -0.25) is 14.5 Å². The van der Waals surface area contributed by atoms with Gasteiger partial charge in [0, 0.05) is 58.3 Å². The molecule has 1 heterocycles. The van der Waals surface area contributed by atoms with Gasteiger partial charge in [0.25, 0.3) is 0 Å². The van der Waals surface area contributed by atoms with Crippen LogP contribution in [0.15, 0.2) is 30.3 Å². The Morgan fingerprint density at radius 3 is 2.40 bits per heavy atom. The van der Waals surface area contributed by atoms with E-state index in [1.807, 2.05) is 37.3 Å². The predicted octanol–water partition coefficient (Wildman–Crippen LogP) is 1.61. The van der Waals surface area contributed by atoms with Gasteiger partial charge in [0.2, 0.25) is 11.8 Å². The van der Waals surface area contributed by atoms with Crippen molar-refractivity contribution in [3.63, 3.8) is 0 Å². The number of nitrogens with zero attached hydrogens (tertiary/aromatic N) is 3. The average molecular weight is 347 g/mol. The molecule has 0 N–H and O–H groups in total. The lowest BCUT2D eigenvalue weighted by Crippen LogP contribution is -2.43. The molecule has 6 nitrogen and oxygen atoms in total. The van der Waals surface area contributed by atoms with Gasteiger partial charge in [-0.1, -0.05) is 18.2 Å². The first-order valence-electron chi connectivity index (χ1n) is 9.03. The summed E-state index contributed by atoms with van der Waals surface area (Å²) in [6.45, 7) is 9.41. The molecule has 6 heteroatoms. The number of carbonyl (C=O) groups excluding carboxylic acids is 2. The largest absolute Gasteiger partial charge is 0.379 e. The Balaban J connectivity index is 1.84. The van der Waals surface area contributed by atoms with Crippen LogP contribution in [-0.4, -0.2) is 74.1 Å². The molecule has 138 valence electrons. The lowest BCUT2D eigenvalue weighted by atomic mass is 10.2. The molecule has 1 aliphatic heterocycles. The highest BCUT2D eigenvalue weighted by molar-refractivity contribution is 5.93. The third-order valence-corrected chi connectivity index (χ3v) is 4.52. The van der Waals surface area contributed by atoms with Gasteiger partial charge < -0.3 is 14.5 Å². The molecular weight excluding hydrogens is 318 g/mol. The average Bonchev–Trinajstić information content (AvgIpc) is 2.63. The van der Waals surface area contributed by atoms with Crippen molar-refractivity contribution in [2.24, 2.45) is 0 Å². The minimum Gasteiger partial charge on any atom is -0.379 e. The normalized spacial score (nSPS) is 15.0. The molecule has 2 amide bonds. The zero-order chi connectivity index (χ0) is 18.1. The lowest BCUT2D eigenvalue weighted by molar-refractivity contribution is -0.129. The van der Waals surface area contributed by atoms with Gasteiger partial charge in [-0.05, 0) is 19.1 Å². The van der Waals surface area contributed by atoms with Gasteiger partial charge in [-0.2, -0.15) is 0 Å². The van der Waals surface area contributed by atoms with Crippen molar-refractivity contribution in [2.45, 2.75) is 20.3 Å². The second-order valence-electron chi connectivity index (χ2n) is 6.18. The van der Waals surface area contributed by atoms with Crippen molar-refractivity contribution < 1.29 is 14.3 Å². The van der Waals surface area contributed by atoms with E-state index < -0.39 is 0 Å². The molecule has 0 bridgehead atoms. The maximum atomic E-state index is 12.6. The summed E-state index contributed by atoms with van der Waals surface area (Å²) >= 11 is 0. The van der Waals surface area contributed by atoms with Crippen molar-refractivity contribution in [1.82, 2.24) is 9.80 Å². The van der Waals surface area contributed by atoms with Gasteiger partial charge in [-0.25, -0.2) is 0 Å². The molecule has 0 aromatic heterocycles. The zero-order valence-electron chi connectivity index (χ0n) is 15.3. The van der Waals surface area contributed by atoms with Crippen LogP contribution < -0.4 is 4.90 Å². The molecule has 1 aromatic rings. The molecule has 2 rings (SSSR count). The minimum absolute atomic E-state index is 0.0174. The number of para-hydroxylation sites is 1. The summed E-state index contributed by atoms with van der Waals surface area (Å²) in [5, 5.41) is 0. The van der Waals surface area contributed by atoms with Crippen LogP contribution >= 0.6 is 0 Å². The van der Waals surface area contributed by atoms with Crippen LogP contribution in [0.2, 0.25) is 0 Å². The Bertz CT molecular complexity index is 544. The molecule has 0 aliphatic carbocycles. The summed E-state index contributed by atoms with van der Waals surface area (Å²) in [5.41, 5.74) is 0.901. The second kappa shape index (κ2) is 10.2. The summed E-state index contributed by atoms with van der Waals surface area (Å²) in [5.74, 6) is 0.0649. The molecule has 1 aliphatic rings. The summed E-state index contributed by atoms with van der Waals surface area (Å²) < 4.78 is 5.34. The van der Waals surface area contributed by atoms with Crippen LogP contribution in [0.1, 0.15) is 20.3 Å². The number of carbonyl (C=O) groups is 2. The van der Waals surface area contributed by atoms with Crippen molar-refractivity contribution in [1.29, 1.82) is 0 Å². The first-order chi connectivity index (χ1) is 12.1. The lowest BCUT2D eigenvalue weighted by Gasteiger charge is -2.30. The smallest absolute Gasteiger partial charge is 0.228 e. The van der Waals surface area contributed by atoms with Gasteiger partial charge in [-0.15, -0.1) is 0 Å². The summed E-state index contributed by atoms with van der Waals surface area (Å²) in [6.07, 6.45) is 0.339. The van der Waals surface area contributed by atoms with Crippen molar-refractivity contribution in [3.8, 4) is 0 Å². The summed E-state index contributed by atoms with van der Waals surface area (Å²) in [4.78, 5) is 30.3. The number of rotatable bonds is 8. The van der Waals surface area contributed by atoms with E-state index in [-0.39, 0.29) is 11.8 Å². The van der Waals surface area contributed by atoms with Crippen molar-refractivity contribution >= 4 is 17.5 Å². The fourth-order valence-corrected chi connectivity index (χ4v) is 2.99. The second-order valence-corrected chi connectivity index (χ2v) is 6.18. The van der Waals surface area contributed by atoms with Crippen molar-refractivity contribution in [3.05, 3.63) is 30.3 Å². The van der Waals surface area contributed by atoms with Crippen molar-refractivity contribution in [2.75, 3.05) is 57.4 Å². The Morgan fingerprint density at radius 2 is 1.80 bits per heavy atom. The number of benzene rings is 1. The fraction of sp³-hybridized carbons (Fsp3) is 0.579. The van der Waals surface area contributed by atoms with Gasteiger partial charge >= 0.3 is 0 Å². The molecule has 25 heavy (non-hydrogen) atoms. The van der Waals surface area contributed by atoms with Crippen LogP contribution in [0.5, 0.6) is 0 Å². The molecule has 0 spiro atoms. The van der Waals surface area contributed by atoms with Crippen LogP contribution in [-0.2, 0) is 14.3 Å². The van der Waals surface area contributed by atoms with E-state index in [0.717, 1.165) is 38.5 Å². The quantitative estimate of drug-likeness (QED) is 0.717. The van der Waals surface area contributed by atoms with Crippen LogP contribution in [0.25, 0.3) is 0 Å². The van der Waals surface area contributed by atoms with E-state index in [0.29, 0.717) is 26.1 Å². The number of hydrogen-bond donors (Lipinski definition) is 0. The molecule has 1 aromatic carbocycles. The van der Waals surface area contributed by atoms with E-state index in [1.54, 1.807) is 16.7 Å². The van der Waals surface area contributed by atoms with Gasteiger partial charge in [0.15, 0.2) is 0 Å². The maximum Gasteiger partial charge on any atom is 0.228 e. The predicted molar refractivity (Wildman–Crippen MR) is 98.6 cm³/mol. The standard InChI is InChI=1S/C19H29N3O3/c1-3-22(18-7-5-4-6-8-18)19(24)9-10-21(17(2)23)12-11-20-13-15-25-16-14-20/h4-8H,3,9-16H2,1-2H3. The minimum atomic E-state index is 0.0174. The Labute approximate surface area is 150 Å². The molecular formula is C19H29N3O3. The first kappa shape index (κ1) is 19.4. The van der Waals surface area contributed by atoms with Gasteiger partial charge in [0.1, 0.15) is 0 Å². The van der Waals surface area contributed by atoms with E-state index in [2.05, 4.69) is 4.90 Å². The molecule has 1 fully saturated rings. The number of hydrogen-bond acceptors (Lipinski definition) is 4. The first-order valence-corrected chi connectivity index (χ1v) is 9.03. The third-order valence-electron chi connectivity index (χ3n) is 4.52. The Hall–Kier alpha value is -1.92. The molecule has 0 saturated carbocycles. The highest BCUT2D eigenvalue weighted by atomic mass is 16.5. The number of ether oxygens (including phenoxy) is 1. The van der Waals surface area contributed by atoms with Gasteiger partial charge in [0.05, 0.1) is 13.2 Å². The molecule has 0 radical (unpaired) electrons. The third kappa shape index (κ3) is 6.14. The maximum absolute atomic E-state index is 12.6. The summed E-state index contributed by atoms with van der Waals surface area (Å²) in [6, 6.07) is 9.65. The number of amides is 2. The monoisotopic (exact) mass is 347 g/mol. The molecule has 1 saturated heterocycles. The molecule has 0 atom stereocenters. The van der Waals surface area contributed by atoms with E-state index >= 15 is 0 Å². The van der Waals surface area contributed by atoms with E-state index in [4.69, 9.17) is 4.74 Å². The van der Waals surface area contributed by atoms with Crippen LogP contribution in [0.3, 0.4) is 0 Å². The zero-order valence-corrected chi connectivity index (χ0v) is 15.3. The van der Waals surface area contributed by atoms with Crippen LogP contribution in [0, 0.1) is 0 Å². The summed E-state index contributed by atoms with van der Waals surface area (Å²) in [7, 11) is 0. The highest BCUT2D eigenvalue weighted by Gasteiger charge is 2.18. The Kier molecular flexibility index (Phi) is 7.88. The molecule has 0 unspecified atom stereocenters.